The molecular weight excluding hydrogens is 1630 g/mol. The van der Waals surface area contributed by atoms with Gasteiger partial charge in [0.2, 0.25) is 0 Å². The third-order valence-corrected chi connectivity index (χ3v) is 27.8. The number of benzene rings is 25. The Kier molecular flexibility index (Phi) is 10.9. The summed E-state index contributed by atoms with van der Waals surface area (Å²) in [5.74, 6) is 0. The topological polar surface area (TPSA) is 0 Å². The van der Waals surface area contributed by atoms with Crippen molar-refractivity contribution in [2.75, 3.05) is 0 Å². The van der Waals surface area contributed by atoms with Gasteiger partial charge in [0.15, 0.2) is 0 Å². The fourth-order valence-corrected chi connectivity index (χ4v) is 22.2. The molecule has 28 rings (SSSR count). The molecule has 0 aliphatic heterocycles. The predicted octanol–water partition coefficient (Wildman–Crippen LogP) is 38.2. The van der Waals surface area contributed by atoms with Gasteiger partial charge in [0, 0.05) is 71.6 Å². The Labute approximate surface area is 828 Å². The van der Waals surface area contributed by atoms with Crippen LogP contribution in [-0.4, -0.2) is 0 Å². The summed E-state index contributed by atoms with van der Waals surface area (Å²) >= 11 is 3.79. The molecule has 0 nitrogen and oxygen atoms in total. The lowest BCUT2D eigenvalue weighted by Crippen LogP contribution is -1.92. The zero-order chi connectivity index (χ0) is 123. The van der Waals surface area contributed by atoms with Gasteiger partial charge in [-0.15, -0.1) is 34.0 Å². The van der Waals surface area contributed by atoms with Crippen molar-refractivity contribution in [2.24, 2.45) is 0 Å². The van der Waals surface area contributed by atoms with Gasteiger partial charge in [0.25, 0.3) is 0 Å². The minimum Gasteiger partial charge on any atom is -0.135 e. The molecule has 0 atom stereocenters. The summed E-state index contributed by atoms with van der Waals surface area (Å²) in [5.41, 5.74) is 1.76. The summed E-state index contributed by atoms with van der Waals surface area (Å²) in [5, 5.41) is 9.41. The van der Waals surface area contributed by atoms with Gasteiger partial charge in [-0.2, -0.15) is 0 Å². The average molecular weight is 1750 g/mol. The highest BCUT2D eigenvalue weighted by atomic mass is 32.1. The quantitative estimate of drug-likeness (QED) is 0.133. The molecule has 3 heteroatoms. The highest BCUT2D eigenvalue weighted by Crippen LogP contribution is 2.54. The van der Waals surface area contributed by atoms with Gasteiger partial charge in [-0.3, -0.25) is 0 Å². The molecule has 0 amide bonds. The molecular formula is C128H78S3. The highest BCUT2D eigenvalue weighted by molar-refractivity contribution is 7.27. The number of fused-ring (bicyclic) bond motifs is 20. The highest BCUT2D eigenvalue weighted by Gasteiger charge is 2.26. The minimum atomic E-state index is -1.06. The summed E-state index contributed by atoms with van der Waals surface area (Å²) in [6, 6.07) is 43.5. The van der Waals surface area contributed by atoms with Crippen molar-refractivity contribution in [3.05, 3.63) is 472 Å². The van der Waals surface area contributed by atoms with E-state index >= 15 is 0 Å². The summed E-state index contributed by atoms with van der Waals surface area (Å²) in [6.07, 6.45) is 0. The van der Waals surface area contributed by atoms with E-state index in [2.05, 4.69) is 72.8 Å². The first-order chi connectivity index (χ1) is 82.4. The Morgan fingerprint density at radius 1 is 0.145 bits per heavy atom. The van der Waals surface area contributed by atoms with Crippen molar-refractivity contribution in [3.8, 4) is 89.0 Å². The van der Waals surface area contributed by atoms with Crippen LogP contribution in [0.2, 0.25) is 0 Å². The molecule has 0 aliphatic carbocycles. The average Bonchev–Trinajstić information content (AvgIpc) is 1.67. The van der Waals surface area contributed by atoms with E-state index in [-0.39, 0.29) is 112 Å². The van der Waals surface area contributed by atoms with Crippen LogP contribution in [0.15, 0.2) is 472 Å². The van der Waals surface area contributed by atoms with Crippen LogP contribution in [0.5, 0.6) is 0 Å². The minimum absolute atomic E-state index is 0.147. The molecule has 3 heterocycles. The maximum atomic E-state index is 9.72. The summed E-state index contributed by atoms with van der Waals surface area (Å²) in [7, 11) is 0. The zero-order valence-corrected chi connectivity index (χ0v) is 70.5. The largest absolute Gasteiger partial charge is 0.135 e. The van der Waals surface area contributed by atoms with Crippen LogP contribution in [0.4, 0.5) is 0 Å². The maximum absolute atomic E-state index is 9.72. The molecule has 25 aromatic carbocycles. The number of thiophene rings is 3. The zero-order valence-electron chi connectivity index (χ0n) is 110. The van der Waals surface area contributed by atoms with Crippen LogP contribution in [0.3, 0.4) is 0 Å². The lowest BCUT2D eigenvalue weighted by atomic mass is 9.83. The number of rotatable bonds is 8. The summed E-state index contributed by atoms with van der Waals surface area (Å²) < 4.78 is 382. The van der Waals surface area contributed by atoms with Gasteiger partial charge in [0.1, 0.15) is 0 Å². The first-order valence-corrected chi connectivity index (χ1v) is 44.1. The Morgan fingerprint density at radius 3 is 1.00 bits per heavy atom. The standard InChI is InChI=1S/C46H28S.C42H26S.C40H24S/c1-2-13-33-28-43-42(27-32(33)12-1)40-21-10-22-41(46(40)47-43)45-38-18-7-5-16-36(38)44(37-17-6-8-19-39(37)45)31-25-23-30(24-26-31)35-20-9-14-29-11-3-4-15-34(29)35;1-2-13-27(14-3-1)28-25-26-35(30-16-5-4-15-29(28)30)40-31-17-6-8-19-33(31)41(34-20-9-7-18-32(34)40)37-22-12-24-39-42(37)36-21-10-11-23-38(36)43-39;1-2-11-26-22-29(21-20-25(26)10-1)38-30-14-5-7-16-32(30)39(33-17-8-6-15-31(33)38)35-19-9-18-34-36-23-27-12-3-4-13-28(27)24-37(36)41-40(34)35/h1-28H;1-26H;1-24H/i5D,6D,7D,8D,16D,17D,18D,19D;1D,2D,3D,4D,5D,6D,7D,8D,9D,10D,11D,12D,13D,14D,15D,16D,17D,18D,19D,20D,21D,22D,23D,24D,25D,26D;5D,6D,7D,8D,14D,15D,16D,17D. The Bertz CT molecular complexity index is 12100. The van der Waals surface area contributed by atoms with Crippen molar-refractivity contribution in [3.63, 3.8) is 0 Å². The third-order valence-electron chi connectivity index (χ3n) is 24.4. The molecule has 0 radical (unpaired) electrons. The summed E-state index contributed by atoms with van der Waals surface area (Å²) in [4.78, 5) is 0. The van der Waals surface area contributed by atoms with Crippen molar-refractivity contribution < 1.29 is 57.6 Å². The molecule has 0 saturated heterocycles. The van der Waals surface area contributed by atoms with Crippen LogP contribution in [-0.2, 0) is 0 Å². The van der Waals surface area contributed by atoms with Gasteiger partial charge in [-0.1, -0.05) is 430 Å². The molecule has 3 aromatic heterocycles. The van der Waals surface area contributed by atoms with Crippen molar-refractivity contribution in [1.82, 2.24) is 0 Å². The van der Waals surface area contributed by atoms with Gasteiger partial charge < -0.3 is 0 Å². The van der Waals surface area contributed by atoms with E-state index in [1.807, 2.05) is 146 Å². The molecule has 28 aromatic rings. The second-order valence-corrected chi connectivity index (χ2v) is 34.5. The van der Waals surface area contributed by atoms with Gasteiger partial charge >= 0.3 is 0 Å². The molecule has 0 spiro atoms. The van der Waals surface area contributed by atoms with Crippen molar-refractivity contribution in [1.29, 1.82) is 0 Å². The predicted molar refractivity (Wildman–Crippen MR) is 574 cm³/mol. The van der Waals surface area contributed by atoms with E-state index in [0.29, 0.717) is 55.8 Å². The van der Waals surface area contributed by atoms with E-state index < -0.39 is 271 Å². The van der Waals surface area contributed by atoms with E-state index in [9.17, 15) is 23.3 Å². The van der Waals surface area contributed by atoms with Crippen LogP contribution >= 0.6 is 34.0 Å². The normalized spacial score (nSPS) is 16.3. The van der Waals surface area contributed by atoms with Crippen LogP contribution < -0.4 is 0 Å². The molecule has 0 saturated carbocycles. The number of hydrogen-bond donors (Lipinski definition) is 0. The molecule has 0 fully saturated rings. The Hall–Kier alpha value is -16.0. The SMILES string of the molecule is [2H]c1c([2H])c([2H])c(-c2c([2H])c([2H])c(-c3c4c([2H])c([2H])c([2H])c([2H])c4c(-c4c([2H])c([2H])c([2H])c5sc6c([2H])c([2H])c([2H])c([2H])c6c45)c4c([2H])c([2H])c([2H])c([2H])c34)c3c([2H])c([2H])c([2H])c([2H])c23)c([2H])c1[2H].[2H]c1c([2H])c([2H])c2c(-c3cccc4c3sc3cc5ccccc5cc34)c3c([2H])c([2H])c([2H])c([2H])c3c(-c3ccc(-c4cccc5ccccc45)cc3)c2c1[2H].[2H]c1c([2H])c([2H])c2c(-c3cccc4c3sc3cc5ccccc5cc34)c3c([2H])c([2H])c([2H])c([2H])c3c(-c3ccc4ccccc4c3)c2c1[2H]. The second-order valence-electron chi connectivity index (χ2n) is 31.4. The van der Waals surface area contributed by atoms with Crippen LogP contribution in [0.25, 0.3) is 268 Å². The fraction of sp³-hybridized carbons (Fsp3) is 0. The number of hydrogen-bond acceptors (Lipinski definition) is 3. The lowest BCUT2D eigenvalue weighted by Gasteiger charge is -2.20. The molecule has 0 aliphatic rings. The lowest BCUT2D eigenvalue weighted by molar-refractivity contribution is 1.63. The Balaban J connectivity index is 0.000000128. The Morgan fingerprint density at radius 2 is 0.489 bits per heavy atom. The first kappa shape index (κ1) is 45.1. The van der Waals surface area contributed by atoms with E-state index in [0.717, 1.165) is 94.6 Å². The molecule has 0 N–H and O–H groups in total. The maximum Gasteiger partial charge on any atom is 0.0638 e. The van der Waals surface area contributed by atoms with Gasteiger partial charge in [-0.05, 0) is 239 Å². The monoisotopic (exact) mass is 1750 g/mol. The molecule has 131 heavy (non-hydrogen) atoms. The van der Waals surface area contributed by atoms with Gasteiger partial charge in [-0.25, -0.2) is 0 Å². The van der Waals surface area contributed by atoms with Crippen LogP contribution in [0, 0.1) is 0 Å². The van der Waals surface area contributed by atoms with Crippen LogP contribution in [0.1, 0.15) is 57.6 Å². The molecule has 0 unspecified atom stereocenters. The van der Waals surface area contributed by atoms with Gasteiger partial charge in [0.05, 0.1) is 57.6 Å². The fourth-order valence-electron chi connectivity index (χ4n) is 18.7. The third kappa shape index (κ3) is 12.7. The molecule has 0 bridgehead atoms. The summed E-state index contributed by atoms with van der Waals surface area (Å²) in [6.45, 7) is 0. The van der Waals surface area contributed by atoms with E-state index in [1.54, 1.807) is 22.7 Å². The second kappa shape index (κ2) is 31.5. The van der Waals surface area contributed by atoms with E-state index in [4.69, 9.17) is 34.3 Å². The smallest absolute Gasteiger partial charge is 0.0638 e. The van der Waals surface area contributed by atoms with E-state index in [1.165, 1.54) is 0 Å². The van der Waals surface area contributed by atoms with Crippen molar-refractivity contribution in [2.45, 2.75) is 0 Å². The molecule has 608 valence electrons. The van der Waals surface area contributed by atoms with Crippen molar-refractivity contribution >= 4 is 213 Å². The first-order valence-electron chi connectivity index (χ1n) is 62.6.